The summed E-state index contributed by atoms with van der Waals surface area (Å²) in [6, 6.07) is 0. The fourth-order valence-electron chi connectivity index (χ4n) is 0. The number of nitrogens with one attached hydrogen (secondary N) is 2. The van der Waals surface area contributed by atoms with Crippen LogP contribution in [0.2, 0.25) is 0 Å². The van der Waals surface area contributed by atoms with Gasteiger partial charge in [0.05, 0.1) is 0 Å². The Hall–Kier alpha value is 0.973. The summed E-state index contributed by atoms with van der Waals surface area (Å²) in [4.78, 5) is 0. The van der Waals surface area contributed by atoms with E-state index in [1.54, 1.807) is 0 Å². The molecule has 0 bridgehead atoms. The third-order valence-electron chi connectivity index (χ3n) is 0. The second-order valence-corrected chi connectivity index (χ2v) is 0.375. The molecule has 0 heterocycles. The van der Waals surface area contributed by atoms with E-state index >= 15 is 0 Å². The summed E-state index contributed by atoms with van der Waals surface area (Å²) in [5.41, 5.74) is 11.8. The van der Waals surface area contributed by atoms with Crippen LogP contribution in [-0.4, -0.2) is 0 Å². The van der Waals surface area contributed by atoms with E-state index in [2.05, 4.69) is 0 Å². The van der Waals surface area contributed by atoms with Gasteiger partial charge in [-0.1, -0.05) is 0 Å². The number of hydrogen-bond donors (Lipinski definition) is 0. The Morgan fingerprint density at radius 2 is 1.25 bits per heavy atom. The predicted molar refractivity (Wildman–Crippen MR) is 17.0 cm³/mol. The van der Waals surface area contributed by atoms with Gasteiger partial charge in [0.2, 0.25) is 0 Å². The molecule has 0 rings (SSSR count). The van der Waals surface area contributed by atoms with Gasteiger partial charge >= 0.3 is 19.5 Å². The molecule has 0 aliphatic heterocycles. The molecule has 0 aromatic carbocycles. The first-order chi connectivity index (χ1) is 1.41. The maximum atomic E-state index is 5.90. The van der Waals surface area contributed by atoms with Crippen molar-refractivity contribution in [3.8, 4) is 0 Å². The molecule has 0 spiro atoms. The average molecular weight is 163 g/mol. The number of hydrogen-bond acceptors (Lipinski definition) is 0. The van der Waals surface area contributed by atoms with Crippen LogP contribution >= 0.6 is 8.88 Å². The van der Waals surface area contributed by atoms with Crippen LogP contribution in [0.4, 0.5) is 0 Å². The Morgan fingerprint density at radius 1 is 1.25 bits per heavy atom. The zero-order valence-electron chi connectivity index (χ0n) is 1.85. The molecule has 0 aliphatic rings. The van der Waals surface area contributed by atoms with E-state index in [1.807, 2.05) is 0 Å². The fraction of sp³-hybridized carbons (Fsp3) is 0. The summed E-state index contributed by atoms with van der Waals surface area (Å²) in [6.07, 6.45) is 0. The van der Waals surface area contributed by atoms with E-state index in [0.29, 0.717) is 0 Å². The van der Waals surface area contributed by atoms with E-state index in [0.717, 1.165) is 0 Å². The van der Waals surface area contributed by atoms with Gasteiger partial charge in [-0.15, -0.1) is 0 Å². The summed E-state index contributed by atoms with van der Waals surface area (Å²) in [6.45, 7) is 0. The topological polar surface area (TPSA) is 47.6 Å². The van der Waals surface area contributed by atoms with Gasteiger partial charge < -0.3 is 19.9 Å². The summed E-state index contributed by atoms with van der Waals surface area (Å²) in [7, 11) is -0.417. The van der Waals surface area contributed by atoms with Gasteiger partial charge in [-0.3, -0.25) is 0 Å². The third-order valence-corrected chi connectivity index (χ3v) is 0. The maximum absolute atomic E-state index is 5.90. The number of rotatable bonds is 0. The van der Waals surface area contributed by atoms with E-state index in [1.165, 1.54) is 0 Å². The minimum absolute atomic E-state index is 0. The normalized spacial score (nSPS) is 4.50. The van der Waals surface area contributed by atoms with Crippen LogP contribution in [0, 0.1) is 0 Å². The Labute approximate surface area is 40.0 Å². The molecule has 4 heteroatoms. The second-order valence-electron chi connectivity index (χ2n) is 0.125. The summed E-state index contributed by atoms with van der Waals surface area (Å²) < 4.78 is 0. The van der Waals surface area contributed by atoms with Crippen LogP contribution in [0.1, 0.15) is 0 Å². The molecular formula is H3N2PRu. The molecule has 2 N–H and O–H groups in total. The molecule has 0 unspecified atom stereocenters. The monoisotopic (exact) mass is 164 g/mol. The quantitative estimate of drug-likeness (QED) is 0.384. The zero-order valence-corrected chi connectivity index (χ0v) is 4.59. The van der Waals surface area contributed by atoms with Crippen LogP contribution in [0.5, 0.6) is 0 Å². The van der Waals surface area contributed by atoms with Gasteiger partial charge in [0.1, 0.15) is 0 Å². The van der Waals surface area contributed by atoms with Crippen molar-refractivity contribution in [3.05, 3.63) is 11.0 Å². The molecule has 0 amide bonds. The van der Waals surface area contributed by atoms with Gasteiger partial charge in [0.15, 0.2) is 0 Å². The van der Waals surface area contributed by atoms with Gasteiger partial charge in [-0.25, -0.2) is 0 Å². The molecule has 0 atom stereocenters. The van der Waals surface area contributed by atoms with Crippen molar-refractivity contribution in [3.63, 3.8) is 0 Å². The Balaban J connectivity index is 0. The van der Waals surface area contributed by atoms with Gasteiger partial charge in [-0.2, -0.15) is 0 Å². The second kappa shape index (κ2) is 9.02. The van der Waals surface area contributed by atoms with E-state index in [4.69, 9.17) is 11.0 Å². The molecule has 0 fully saturated rings. The van der Waals surface area contributed by atoms with Crippen molar-refractivity contribution in [2.24, 2.45) is 0 Å². The molecule has 0 aliphatic carbocycles. The summed E-state index contributed by atoms with van der Waals surface area (Å²) in [5.74, 6) is 0. The van der Waals surface area contributed by atoms with Gasteiger partial charge in [0.25, 0.3) is 0 Å². The van der Waals surface area contributed by atoms with E-state index in [9.17, 15) is 0 Å². The molecule has 0 aromatic heterocycles. The Bertz CT molecular complexity index is 6.00. The van der Waals surface area contributed by atoms with Crippen molar-refractivity contribution < 1.29 is 19.5 Å². The molecule has 0 radical (unpaired) electrons. The van der Waals surface area contributed by atoms with Crippen LogP contribution in [-0.2, 0) is 19.5 Å². The molecule has 0 saturated carbocycles. The molecule has 4 heavy (non-hydrogen) atoms. The first kappa shape index (κ1) is 8.88. The Morgan fingerprint density at radius 3 is 1.25 bits per heavy atom. The molecule has 0 aromatic rings. The van der Waals surface area contributed by atoms with Crippen LogP contribution < -0.4 is 0 Å². The summed E-state index contributed by atoms with van der Waals surface area (Å²) in [5, 5.41) is 0. The molecule has 0 saturated heterocycles. The summed E-state index contributed by atoms with van der Waals surface area (Å²) >= 11 is 0. The fourth-order valence-corrected chi connectivity index (χ4v) is 0. The van der Waals surface area contributed by atoms with E-state index < -0.39 is 8.88 Å². The van der Waals surface area contributed by atoms with Crippen LogP contribution in [0.15, 0.2) is 0 Å². The third kappa shape index (κ3) is 12.2. The average Bonchev–Trinajstić information content (AvgIpc) is 0.918. The molecule has 2 nitrogen and oxygen atoms in total. The van der Waals surface area contributed by atoms with Crippen LogP contribution in [0.25, 0.3) is 11.0 Å². The van der Waals surface area contributed by atoms with Crippen molar-refractivity contribution in [2.75, 3.05) is 0 Å². The maximum Gasteiger partial charge on any atom is 2.00 e. The van der Waals surface area contributed by atoms with Crippen molar-refractivity contribution in [1.82, 2.24) is 0 Å². The smallest absolute Gasteiger partial charge is 0.672 e. The SMILES string of the molecule is [NH-]P[NH-].[Ru+2]. The zero-order chi connectivity index (χ0) is 2.71. The Kier molecular flexibility index (Phi) is 20.0. The predicted octanol–water partition coefficient (Wildman–Crippen LogP) is 1.60. The first-order valence-electron chi connectivity index (χ1n) is 0.500. The van der Waals surface area contributed by atoms with Crippen molar-refractivity contribution in [1.29, 1.82) is 0 Å². The minimum Gasteiger partial charge on any atom is -0.672 e. The van der Waals surface area contributed by atoms with Gasteiger partial charge in [0, 0.05) is 0 Å². The largest absolute Gasteiger partial charge is 2.00 e. The first-order valence-corrected chi connectivity index (χ1v) is 1.50. The molecular weight excluding hydrogens is 160 g/mol. The van der Waals surface area contributed by atoms with Crippen LogP contribution in [0.3, 0.4) is 0 Å². The van der Waals surface area contributed by atoms with Crippen molar-refractivity contribution in [2.45, 2.75) is 0 Å². The van der Waals surface area contributed by atoms with E-state index in [-0.39, 0.29) is 19.5 Å². The standard InChI is InChI=1S/H3N2P.Ru/c1-3-2;/h1-3H;/q-2;+2. The van der Waals surface area contributed by atoms with Crippen molar-refractivity contribution >= 4 is 8.88 Å². The van der Waals surface area contributed by atoms with Gasteiger partial charge in [-0.05, 0) is 0 Å². The minimum atomic E-state index is -0.417. The molecule has 26 valence electrons.